The Kier molecular flexibility index (Phi) is 26.9. The van der Waals surface area contributed by atoms with E-state index in [4.69, 9.17) is 38.8 Å². The third-order valence-corrected chi connectivity index (χ3v) is 21.0. The van der Waals surface area contributed by atoms with E-state index in [1.54, 1.807) is 85.0 Å². The molecule has 109 heavy (non-hydrogen) atoms. The van der Waals surface area contributed by atoms with Crippen molar-refractivity contribution in [3.05, 3.63) is 121 Å². The fraction of sp³-hybridized carbons (Fsp3) is 0.494. The zero-order valence-electron chi connectivity index (χ0n) is 63.4. The highest BCUT2D eigenvalue weighted by Gasteiger charge is 2.45. The number of urea groups is 1. The number of primary amides is 1. The van der Waals surface area contributed by atoms with Crippen LogP contribution in [0.25, 0.3) is 38.7 Å². The van der Waals surface area contributed by atoms with Crippen molar-refractivity contribution in [1.82, 2.24) is 25.4 Å². The molecule has 0 radical (unpaired) electrons. The first-order chi connectivity index (χ1) is 51.6. The molecule has 11 atom stereocenters. The smallest absolute Gasteiger partial charge is 0.410 e. The second-order valence-corrected chi connectivity index (χ2v) is 29.2. The molecule has 8 amide bonds. The van der Waals surface area contributed by atoms with E-state index in [0.29, 0.717) is 68.6 Å². The number of imide groups is 1. The molecule has 5 aromatic rings. The van der Waals surface area contributed by atoms with E-state index < -0.39 is 129 Å². The van der Waals surface area contributed by atoms with Crippen molar-refractivity contribution in [2.75, 3.05) is 55.9 Å². The minimum atomic E-state index is -2.07. The molecule has 1 saturated heterocycles. The quantitative estimate of drug-likeness (QED) is 0.0101. The number of Topliss-reactive ketones (excluding diaryl/α,β-unsaturated/α-hetero) is 1. The summed E-state index contributed by atoms with van der Waals surface area (Å²) in [5.74, 6) is -10.7. The maximum atomic E-state index is 15.2. The van der Waals surface area contributed by atoms with Gasteiger partial charge in [0.25, 0.3) is 17.7 Å². The Labute approximate surface area is 629 Å². The summed E-state index contributed by atoms with van der Waals surface area (Å²) in [4.78, 5) is 156. The Bertz CT molecular complexity index is 4620. The molecule has 5 heterocycles. The number of aliphatic hydroxyl groups is 3. The number of carbonyl (C=O) groups is 9. The van der Waals surface area contributed by atoms with Crippen molar-refractivity contribution in [2.24, 2.45) is 41.2 Å². The first-order valence-electron chi connectivity index (χ1n) is 36.7. The Hall–Kier alpha value is -10.7. The molecule has 4 aliphatic rings. The zero-order chi connectivity index (χ0) is 79.6. The van der Waals surface area contributed by atoms with Gasteiger partial charge in [-0.2, -0.15) is 0 Å². The summed E-state index contributed by atoms with van der Waals surface area (Å²) in [7, 11) is 3.03. The molecule has 4 bridgehead atoms. The van der Waals surface area contributed by atoms with E-state index >= 15 is 4.79 Å². The lowest BCUT2D eigenvalue weighted by Gasteiger charge is -2.38. The highest BCUT2D eigenvalue weighted by atomic mass is 16.7. The van der Waals surface area contributed by atoms with Gasteiger partial charge >= 0.3 is 23.9 Å². The van der Waals surface area contributed by atoms with Gasteiger partial charge in [-0.3, -0.25) is 48.1 Å². The number of nitrogens with one attached hydrogen (secondary N) is 4. The highest BCUT2D eigenvalue weighted by molar-refractivity contribution is 6.17. The maximum absolute atomic E-state index is 15.2. The number of ether oxygens (including phenoxy) is 5. The molecular weight excluding hydrogens is 1410 g/mol. The average molecular weight is 1510 g/mol. The SMILES string of the molecule is CO[C@H]1/C=C/O[C@@]2(C)Oc3c(C)c(O)c4c(=O)c(c5oc6cc(N7CCC(N(C)C(=O)OCc8ccc(NC(=O)[C@H](CCCNC(N)=O)CC(=O)[C@@H](NC(=O)CCCCCN9C(=O)C=CC9=O)C(C)C)cc8)CC7)cc(=O)c6nc5c4c3=C2O)NC(=O)/C(C)=C\C=C\[C@H](C)[C@H](O)[C@@H](C)[C@@H](O)[C@@H](C)[C@H](OC(C)=O)[C@@H]1C. The number of unbranched alkanes of at least 4 members (excludes halogenated alkanes) is 2. The number of anilines is 3. The first kappa shape index (κ1) is 82.3. The van der Waals surface area contributed by atoms with Crippen molar-refractivity contribution in [3.8, 4) is 11.5 Å². The number of carbonyl (C=O) groups excluding carboxylic acids is 9. The number of amides is 8. The van der Waals surface area contributed by atoms with E-state index in [9.17, 15) is 68.4 Å². The molecule has 30 nitrogen and oxygen atoms in total. The predicted molar refractivity (Wildman–Crippen MR) is 404 cm³/mol. The van der Waals surface area contributed by atoms with Crippen LogP contribution >= 0.6 is 0 Å². The minimum Gasteiger partial charge on any atom is -0.507 e. The normalized spacial score (nSPS) is 23.8. The molecule has 1 fully saturated rings. The number of aromatic nitrogens is 1. The second-order valence-electron chi connectivity index (χ2n) is 29.2. The average Bonchev–Trinajstić information content (AvgIpc) is 1.68. The summed E-state index contributed by atoms with van der Waals surface area (Å²) in [6, 6.07) is 7.56. The van der Waals surface area contributed by atoms with Gasteiger partial charge in [-0.15, -0.1) is 0 Å². The number of aliphatic hydroxyl groups excluding tert-OH is 3. The van der Waals surface area contributed by atoms with Gasteiger partial charge in [0.15, 0.2) is 28.2 Å². The van der Waals surface area contributed by atoms with Crippen LogP contribution in [0.1, 0.15) is 131 Å². The van der Waals surface area contributed by atoms with E-state index in [1.165, 1.54) is 82.4 Å². The number of benzene rings is 4. The summed E-state index contributed by atoms with van der Waals surface area (Å²) < 4.78 is 36.5. The number of nitrogens with zero attached hydrogens (tertiary/aromatic N) is 4. The number of aromatic hydroxyl groups is 1. The van der Waals surface area contributed by atoms with E-state index in [2.05, 4.69) is 21.3 Å². The van der Waals surface area contributed by atoms with Gasteiger partial charge in [0, 0.05) is 155 Å². The summed E-state index contributed by atoms with van der Waals surface area (Å²) in [5, 5.41) is 57.9. The molecule has 4 aromatic carbocycles. The number of hydrogen-bond acceptors (Lipinski definition) is 23. The van der Waals surface area contributed by atoms with Crippen LogP contribution in [0.15, 0.2) is 98.7 Å². The summed E-state index contributed by atoms with van der Waals surface area (Å²) in [6.45, 7) is 16.9. The van der Waals surface area contributed by atoms with Crippen LogP contribution in [0.4, 0.5) is 26.7 Å². The van der Waals surface area contributed by atoms with Gasteiger partial charge in [0.2, 0.25) is 22.7 Å². The lowest BCUT2D eigenvalue weighted by Crippen LogP contribution is -2.46. The minimum absolute atomic E-state index is 0.00749. The molecule has 4 aliphatic heterocycles. The predicted octanol–water partition coefficient (Wildman–Crippen LogP) is 7.39. The van der Waals surface area contributed by atoms with Crippen molar-refractivity contribution < 1.29 is 91.7 Å². The van der Waals surface area contributed by atoms with Gasteiger partial charge in [0.1, 0.15) is 35.4 Å². The highest BCUT2D eigenvalue weighted by Crippen LogP contribution is 2.43. The van der Waals surface area contributed by atoms with Crippen LogP contribution in [0.3, 0.4) is 0 Å². The largest absolute Gasteiger partial charge is 0.507 e. The Morgan fingerprint density at radius 1 is 0.872 bits per heavy atom. The standard InChI is InChI=1S/C79H99N9O21/c1-40(2)63(83-57(92)21-14-13-15-32-88-58(93)26-27-59(88)94)53(90)36-49(20-17-31-81-77(80)102)76(101)82-50-24-22-48(23-25-50)39-105-78(103)86(11)51-28-33-87(34-29-51)52-37-54(91)64-56(38-52)108-73-65(84-64)60-61-69(97)46(8)72-62(60)74(99)79(10,109-72)106-35-30-55(104-12)43(5)71(107-47(9)89)45(7)68(96)44(6)67(95)41(3)18-16-19-42(4)75(100)85-66(73)70(61)98/h16,18-19,22-27,30,35,37-38,40-41,43-45,49,51,55,63,67-68,71,95-97,99H,13-15,17,20-21,28-29,31-34,36,39H2,1-12H3,(H,82,101)(H,83,92)(H,85,100)(H3,80,81,102)/b18-16+,35-30+,42-19-/t41-,43+,44+,45+,49+,55-,63-,67-,68+,71+,79-/m0/s1. The topological polar surface area (TPSA) is 425 Å². The number of rotatable bonds is 23. The number of phenolic OH excluding ortho intramolecular Hbond substituents is 1. The van der Waals surface area contributed by atoms with Crippen molar-refractivity contribution in [1.29, 1.82) is 0 Å². The van der Waals surface area contributed by atoms with Gasteiger partial charge in [-0.25, -0.2) is 14.6 Å². The van der Waals surface area contributed by atoms with Crippen LogP contribution in [0.5, 0.6) is 11.5 Å². The molecule has 30 heteroatoms. The van der Waals surface area contributed by atoms with Gasteiger partial charge in [-0.1, -0.05) is 78.3 Å². The molecule has 0 unspecified atom stereocenters. The summed E-state index contributed by atoms with van der Waals surface area (Å²) >= 11 is 0. The maximum Gasteiger partial charge on any atom is 0.410 e. The monoisotopic (exact) mass is 1510 g/mol. The van der Waals surface area contributed by atoms with Crippen LogP contribution in [-0.2, 0) is 59.1 Å². The fourth-order valence-corrected chi connectivity index (χ4v) is 14.4. The number of fused-ring (bicyclic) bond motifs is 2. The van der Waals surface area contributed by atoms with Crippen LogP contribution in [0.2, 0.25) is 0 Å². The number of ketones is 1. The summed E-state index contributed by atoms with van der Waals surface area (Å²) in [6.07, 6.45) is 7.73. The first-order valence-corrected chi connectivity index (χ1v) is 36.7. The third kappa shape index (κ3) is 18.9. The molecule has 1 aromatic heterocycles. The van der Waals surface area contributed by atoms with E-state index in [1.807, 2.05) is 4.90 Å². The molecule has 0 aliphatic carbocycles. The number of hydrogen-bond donors (Lipinski definition) is 9. The number of methoxy groups -OCH3 is 1. The van der Waals surface area contributed by atoms with Crippen LogP contribution in [0, 0.1) is 42.4 Å². The molecule has 9 rings (SSSR count). The Balaban J connectivity index is 0.901. The van der Waals surface area contributed by atoms with E-state index in [-0.39, 0.29) is 124 Å². The molecule has 0 spiro atoms. The van der Waals surface area contributed by atoms with Crippen molar-refractivity contribution in [3.63, 3.8) is 0 Å². The second kappa shape index (κ2) is 35.5. The van der Waals surface area contributed by atoms with Gasteiger partial charge < -0.3 is 85.3 Å². The fourth-order valence-electron chi connectivity index (χ4n) is 14.4. The van der Waals surface area contributed by atoms with Gasteiger partial charge in [0.05, 0.1) is 41.2 Å². The van der Waals surface area contributed by atoms with Gasteiger partial charge in [-0.05, 0) is 82.1 Å². The number of esters is 1. The summed E-state index contributed by atoms with van der Waals surface area (Å²) in [5.41, 5.74) is 3.79. The lowest BCUT2D eigenvalue weighted by atomic mass is 9.78. The van der Waals surface area contributed by atoms with Crippen LogP contribution in [-0.4, -0.2) is 171 Å². The number of nitrogens with two attached hydrogens (primary N) is 1. The van der Waals surface area contributed by atoms with Crippen LogP contribution < -0.4 is 52.7 Å². The number of phenols is 1. The number of allylic oxidation sites excluding steroid dienone is 2. The zero-order valence-corrected chi connectivity index (χ0v) is 63.4. The lowest BCUT2D eigenvalue weighted by molar-refractivity contribution is -0.160. The Morgan fingerprint density at radius 3 is 2.21 bits per heavy atom. The van der Waals surface area contributed by atoms with E-state index in [0.717, 1.165) is 4.90 Å². The third-order valence-electron chi connectivity index (χ3n) is 21.0. The molecule has 0 saturated carbocycles. The number of piperidine rings is 1. The molecule has 10 N–H and O–H groups in total. The Morgan fingerprint density at radius 2 is 1.56 bits per heavy atom. The van der Waals surface area contributed by atoms with Crippen molar-refractivity contribution in [2.45, 2.75) is 176 Å². The molecule has 586 valence electrons. The molecular formula is C79H99N9O21. The van der Waals surface area contributed by atoms with Crippen molar-refractivity contribution >= 4 is 109 Å².